The van der Waals surface area contributed by atoms with Crippen LogP contribution >= 0.6 is 0 Å². The standard InChI is InChI=1S/C26H30N6O/c1-16-12-18(3)31(29-16)14-17(2)27-26(33)22-13-23(21-10-11-21)28-25-24(22)19(4)30-32(25)15-20-8-6-5-7-9-20/h5-9,12-13,17,21H,10-11,14-15H2,1-4H3,(H,27,33)/t17-/m0/s1. The molecule has 0 spiro atoms. The molecule has 170 valence electrons. The largest absolute Gasteiger partial charge is 0.348 e. The van der Waals surface area contributed by atoms with Crippen LogP contribution in [0.15, 0.2) is 42.5 Å². The van der Waals surface area contributed by atoms with Crippen molar-refractivity contribution in [2.45, 2.75) is 65.6 Å². The van der Waals surface area contributed by atoms with Crippen molar-refractivity contribution in [2.24, 2.45) is 0 Å². The van der Waals surface area contributed by atoms with Gasteiger partial charge in [0, 0.05) is 23.3 Å². The number of hydrogen-bond acceptors (Lipinski definition) is 4. The number of nitrogens with zero attached hydrogens (tertiary/aromatic N) is 5. The topological polar surface area (TPSA) is 77.6 Å². The molecule has 1 aliphatic rings. The third-order valence-corrected chi connectivity index (χ3v) is 6.24. The first-order valence-corrected chi connectivity index (χ1v) is 11.6. The van der Waals surface area contributed by atoms with Crippen molar-refractivity contribution in [1.29, 1.82) is 0 Å². The first-order valence-electron chi connectivity index (χ1n) is 11.6. The molecule has 0 saturated heterocycles. The van der Waals surface area contributed by atoms with Crippen molar-refractivity contribution in [1.82, 2.24) is 29.9 Å². The van der Waals surface area contributed by atoms with Gasteiger partial charge in [-0.2, -0.15) is 10.2 Å². The Morgan fingerprint density at radius 3 is 2.52 bits per heavy atom. The minimum Gasteiger partial charge on any atom is -0.348 e. The zero-order chi connectivity index (χ0) is 23.1. The van der Waals surface area contributed by atoms with E-state index in [-0.39, 0.29) is 11.9 Å². The van der Waals surface area contributed by atoms with Crippen molar-refractivity contribution in [3.63, 3.8) is 0 Å². The van der Waals surface area contributed by atoms with Gasteiger partial charge < -0.3 is 5.32 Å². The third-order valence-electron chi connectivity index (χ3n) is 6.24. The number of aromatic nitrogens is 5. The van der Waals surface area contributed by atoms with E-state index in [1.807, 2.05) is 67.4 Å². The molecule has 0 radical (unpaired) electrons. The Bertz CT molecular complexity index is 1320. The second kappa shape index (κ2) is 8.46. The fraction of sp³-hybridized carbons (Fsp3) is 0.385. The minimum absolute atomic E-state index is 0.0669. The fourth-order valence-electron chi connectivity index (χ4n) is 4.47. The SMILES string of the molecule is Cc1cc(C)n(C[C@H](C)NC(=O)c2cc(C3CC3)nc3c2c(C)nn3Cc2ccccc2)n1. The lowest BCUT2D eigenvalue weighted by Crippen LogP contribution is -2.36. The molecule has 7 nitrogen and oxygen atoms in total. The molecule has 1 saturated carbocycles. The summed E-state index contributed by atoms with van der Waals surface area (Å²) >= 11 is 0. The normalized spacial score (nSPS) is 14.5. The van der Waals surface area contributed by atoms with E-state index in [0.717, 1.165) is 52.2 Å². The molecule has 5 rings (SSSR count). The Kier molecular flexibility index (Phi) is 5.48. The highest BCUT2D eigenvalue weighted by molar-refractivity contribution is 6.06. The first kappa shape index (κ1) is 21.4. The molecule has 1 aliphatic carbocycles. The van der Waals surface area contributed by atoms with Gasteiger partial charge in [0.15, 0.2) is 5.65 Å². The monoisotopic (exact) mass is 442 g/mol. The Morgan fingerprint density at radius 1 is 1.09 bits per heavy atom. The highest BCUT2D eigenvalue weighted by Gasteiger charge is 2.29. The van der Waals surface area contributed by atoms with Gasteiger partial charge in [-0.3, -0.25) is 9.48 Å². The van der Waals surface area contributed by atoms with Gasteiger partial charge in [-0.15, -0.1) is 0 Å². The molecule has 1 amide bonds. The number of benzene rings is 1. The van der Waals surface area contributed by atoms with Gasteiger partial charge in [-0.1, -0.05) is 30.3 Å². The van der Waals surface area contributed by atoms with Gasteiger partial charge in [-0.25, -0.2) is 9.67 Å². The number of nitrogens with one attached hydrogen (secondary N) is 1. The van der Waals surface area contributed by atoms with Crippen LogP contribution in [0.4, 0.5) is 0 Å². The second-order valence-electron chi connectivity index (χ2n) is 9.28. The van der Waals surface area contributed by atoms with Crippen LogP contribution < -0.4 is 5.32 Å². The molecule has 3 heterocycles. The summed E-state index contributed by atoms with van der Waals surface area (Å²) in [6.07, 6.45) is 2.25. The Hall–Kier alpha value is -3.48. The number of carbonyl (C=O) groups excluding carboxylic acids is 1. The molecule has 1 atom stereocenters. The highest BCUT2D eigenvalue weighted by atomic mass is 16.1. The number of carbonyl (C=O) groups is 1. The molecule has 3 aromatic heterocycles. The lowest BCUT2D eigenvalue weighted by atomic mass is 10.1. The van der Waals surface area contributed by atoms with Crippen LogP contribution in [0.3, 0.4) is 0 Å². The minimum atomic E-state index is -0.0827. The fourth-order valence-corrected chi connectivity index (χ4v) is 4.47. The van der Waals surface area contributed by atoms with Gasteiger partial charge in [0.25, 0.3) is 5.91 Å². The van der Waals surface area contributed by atoms with Crippen molar-refractivity contribution >= 4 is 16.9 Å². The molecule has 4 aromatic rings. The molecule has 1 N–H and O–H groups in total. The van der Waals surface area contributed by atoms with Crippen LogP contribution in [0.1, 0.15) is 64.4 Å². The summed E-state index contributed by atoms with van der Waals surface area (Å²) in [5, 5.41) is 13.3. The molecule has 0 aliphatic heterocycles. The summed E-state index contributed by atoms with van der Waals surface area (Å²) in [6, 6.07) is 14.2. The zero-order valence-corrected chi connectivity index (χ0v) is 19.7. The van der Waals surface area contributed by atoms with Gasteiger partial charge in [-0.05, 0) is 58.2 Å². The number of fused-ring (bicyclic) bond motifs is 1. The van der Waals surface area contributed by atoms with Crippen molar-refractivity contribution in [3.05, 3.63) is 76.4 Å². The van der Waals surface area contributed by atoms with Crippen molar-refractivity contribution < 1.29 is 4.79 Å². The summed E-state index contributed by atoms with van der Waals surface area (Å²) < 4.78 is 3.88. The molecule has 1 aromatic carbocycles. The highest BCUT2D eigenvalue weighted by Crippen LogP contribution is 2.40. The van der Waals surface area contributed by atoms with Crippen molar-refractivity contribution in [3.8, 4) is 0 Å². The van der Waals surface area contributed by atoms with Crippen LogP contribution in [0, 0.1) is 20.8 Å². The van der Waals surface area contributed by atoms with Gasteiger partial charge in [0.2, 0.25) is 0 Å². The molecule has 0 bridgehead atoms. The number of hydrogen-bond donors (Lipinski definition) is 1. The van der Waals surface area contributed by atoms with Crippen LogP contribution in [-0.2, 0) is 13.1 Å². The van der Waals surface area contributed by atoms with Gasteiger partial charge in [0.05, 0.1) is 35.4 Å². The second-order valence-corrected chi connectivity index (χ2v) is 9.28. The summed E-state index contributed by atoms with van der Waals surface area (Å²) in [5.41, 5.74) is 6.51. The van der Waals surface area contributed by atoms with Gasteiger partial charge >= 0.3 is 0 Å². The maximum absolute atomic E-state index is 13.5. The van der Waals surface area contributed by atoms with E-state index in [0.29, 0.717) is 24.6 Å². The number of pyridine rings is 1. The summed E-state index contributed by atoms with van der Waals surface area (Å²) in [4.78, 5) is 18.4. The van der Waals surface area contributed by atoms with Crippen LogP contribution in [0.5, 0.6) is 0 Å². The number of amides is 1. The van der Waals surface area contributed by atoms with E-state index in [2.05, 4.69) is 22.5 Å². The Labute approximate surface area is 193 Å². The predicted octanol–water partition coefficient (Wildman–Crippen LogP) is 4.30. The maximum Gasteiger partial charge on any atom is 0.252 e. The van der Waals surface area contributed by atoms with Gasteiger partial charge in [0.1, 0.15) is 0 Å². The maximum atomic E-state index is 13.5. The molecule has 0 unspecified atom stereocenters. The van der Waals surface area contributed by atoms with E-state index in [1.165, 1.54) is 0 Å². The van der Waals surface area contributed by atoms with Crippen LogP contribution in [0.25, 0.3) is 11.0 Å². The van der Waals surface area contributed by atoms with E-state index in [9.17, 15) is 4.79 Å². The summed E-state index contributed by atoms with van der Waals surface area (Å²) in [6.45, 7) is 9.24. The lowest BCUT2D eigenvalue weighted by molar-refractivity contribution is 0.0937. The number of rotatable bonds is 7. The van der Waals surface area contributed by atoms with Crippen molar-refractivity contribution in [2.75, 3.05) is 0 Å². The summed E-state index contributed by atoms with van der Waals surface area (Å²) in [5.74, 6) is 0.356. The summed E-state index contributed by atoms with van der Waals surface area (Å²) in [7, 11) is 0. The molecular formula is C26H30N6O. The Balaban J connectivity index is 1.47. The predicted molar refractivity (Wildman–Crippen MR) is 128 cm³/mol. The van der Waals surface area contributed by atoms with E-state index < -0.39 is 0 Å². The van der Waals surface area contributed by atoms with E-state index in [1.54, 1.807) is 0 Å². The average Bonchev–Trinajstić information content (AvgIpc) is 3.52. The van der Waals surface area contributed by atoms with E-state index in [4.69, 9.17) is 10.1 Å². The molecule has 1 fully saturated rings. The lowest BCUT2D eigenvalue weighted by Gasteiger charge is -2.16. The average molecular weight is 443 g/mol. The molecule has 7 heteroatoms. The third kappa shape index (κ3) is 4.40. The molecule has 33 heavy (non-hydrogen) atoms. The van der Waals surface area contributed by atoms with Crippen LogP contribution in [0.2, 0.25) is 0 Å². The van der Waals surface area contributed by atoms with E-state index >= 15 is 0 Å². The smallest absolute Gasteiger partial charge is 0.252 e. The first-order chi connectivity index (χ1) is 15.9. The zero-order valence-electron chi connectivity index (χ0n) is 19.7. The Morgan fingerprint density at radius 2 is 1.85 bits per heavy atom. The number of aryl methyl sites for hydroxylation is 3. The van der Waals surface area contributed by atoms with Crippen LogP contribution in [-0.4, -0.2) is 36.5 Å². The molecular weight excluding hydrogens is 412 g/mol. The quantitative estimate of drug-likeness (QED) is 0.463.